The molecule has 0 spiro atoms. The topological polar surface area (TPSA) is 63.0 Å². The van der Waals surface area contributed by atoms with Gasteiger partial charge in [0, 0.05) is 58.4 Å². The summed E-state index contributed by atoms with van der Waals surface area (Å²) in [5.74, 6) is 0. The van der Waals surface area contributed by atoms with E-state index in [4.69, 9.17) is 0 Å². The Labute approximate surface area is 69.0 Å². The van der Waals surface area contributed by atoms with E-state index in [1.54, 1.807) is 0 Å². The van der Waals surface area contributed by atoms with Crippen molar-refractivity contribution in [2.75, 3.05) is 0 Å². The maximum absolute atomic E-state index is 0. The summed E-state index contributed by atoms with van der Waals surface area (Å²) in [6.07, 6.45) is 0. The average molecular weight is 339 g/mol. The zero-order valence-electron chi connectivity index (χ0n) is 2.06. The Hall–Kier alpha value is 1.79. The van der Waals surface area contributed by atoms with Crippen LogP contribution in [0.15, 0.2) is 0 Å². The first-order valence-corrected chi connectivity index (χ1v) is 0. The Kier molecular flexibility index (Phi) is 589. The molecule has 40 valence electrons. The van der Waals surface area contributed by atoms with Gasteiger partial charge in [0.15, 0.2) is 0 Å². The summed E-state index contributed by atoms with van der Waals surface area (Å²) in [7, 11) is 0. The summed E-state index contributed by atoms with van der Waals surface area (Å²) < 4.78 is 0. The molecule has 0 aliphatic rings. The van der Waals surface area contributed by atoms with Gasteiger partial charge < -0.3 is 11.0 Å². The van der Waals surface area contributed by atoms with Gasteiger partial charge in [-0.2, -0.15) is 0 Å². The first kappa shape index (κ1) is 71.0. The van der Waals surface area contributed by atoms with Crippen molar-refractivity contribution in [2.24, 2.45) is 0 Å². The molecule has 0 aromatic heterocycles. The quantitative estimate of drug-likeness (QED) is 0.475. The van der Waals surface area contributed by atoms with Crippen molar-refractivity contribution in [1.82, 2.24) is 0 Å². The minimum Gasteiger partial charge on any atom is -0.412 e. The molecule has 0 aromatic rings. The van der Waals surface area contributed by atoms with E-state index in [2.05, 4.69) is 0 Å². The largest absolute Gasteiger partial charge is 0.412 e. The smallest absolute Gasteiger partial charge is 0 e. The molecule has 0 aliphatic carbocycles. The van der Waals surface area contributed by atoms with Crippen LogP contribution < -0.4 is 0 Å². The van der Waals surface area contributed by atoms with Crippen LogP contribution in [-0.4, -0.2) is 11.0 Å². The second-order valence-electron chi connectivity index (χ2n) is 0. The zero-order valence-corrected chi connectivity index (χ0v) is 7.27. The Morgan fingerprint density at radius 3 is 0.400 bits per heavy atom. The van der Waals surface area contributed by atoms with E-state index in [9.17, 15) is 0 Å². The molecule has 2 nitrogen and oxygen atoms in total. The van der Waals surface area contributed by atoms with Gasteiger partial charge in [-0.25, -0.2) is 0 Å². The van der Waals surface area contributed by atoms with Crippen molar-refractivity contribution < 1.29 is 69.4 Å². The molecule has 0 amide bonds. The summed E-state index contributed by atoms with van der Waals surface area (Å²) in [4.78, 5) is 0. The van der Waals surface area contributed by atoms with Crippen LogP contribution in [0.3, 0.4) is 0 Å². The van der Waals surface area contributed by atoms with E-state index >= 15 is 0 Å². The molecule has 0 heterocycles. The summed E-state index contributed by atoms with van der Waals surface area (Å²) in [6.45, 7) is 0. The number of hydrogen-bond donors (Lipinski definition) is 0. The predicted molar refractivity (Wildman–Crippen MR) is 7.23 cm³/mol. The Morgan fingerprint density at radius 1 is 0.400 bits per heavy atom. The van der Waals surface area contributed by atoms with Crippen LogP contribution in [0.4, 0.5) is 0 Å². The van der Waals surface area contributed by atoms with Gasteiger partial charge in [-0.3, -0.25) is 0 Å². The zero-order chi connectivity index (χ0) is 0. The number of hydrogen-bond acceptors (Lipinski definition) is 0. The minimum absolute atomic E-state index is 0. The normalized spacial score (nSPS) is 0. The van der Waals surface area contributed by atoms with Crippen LogP contribution in [0.2, 0.25) is 0 Å². The summed E-state index contributed by atoms with van der Waals surface area (Å²) in [5.41, 5.74) is 0. The first-order valence-electron chi connectivity index (χ1n) is 0. The second-order valence-corrected chi connectivity index (χ2v) is 0. The van der Waals surface area contributed by atoms with E-state index in [0.29, 0.717) is 0 Å². The maximum atomic E-state index is 0. The summed E-state index contributed by atoms with van der Waals surface area (Å²) in [5, 5.41) is 0. The van der Waals surface area contributed by atoms with Gasteiger partial charge in [0.2, 0.25) is 0 Å². The van der Waals surface area contributed by atoms with Gasteiger partial charge in [0.25, 0.3) is 0 Å². The molecule has 4 N–H and O–H groups in total. The minimum atomic E-state index is 0. The van der Waals surface area contributed by atoms with Crippen molar-refractivity contribution in [3.8, 4) is 0 Å². The molecule has 0 rings (SSSR count). The van der Waals surface area contributed by atoms with Crippen molar-refractivity contribution >= 4 is 0 Å². The molecule has 5 heteroatoms. The molecule has 0 aromatic carbocycles. The predicted octanol–water partition coefficient (Wildman–Crippen LogP) is -1.66. The molecule has 0 fully saturated rings. The molecular formula is H4O2Ru3. The van der Waals surface area contributed by atoms with Crippen LogP contribution in [0, 0.1) is 0 Å². The number of rotatable bonds is 0. The standard InChI is InChI=1S/2H2O.3Ru/h2*1H2;;;. The fourth-order valence-electron chi connectivity index (χ4n) is 0. The average Bonchev–Trinajstić information content (AvgIpc) is 0. The van der Waals surface area contributed by atoms with Crippen LogP contribution in [0.1, 0.15) is 0 Å². The summed E-state index contributed by atoms with van der Waals surface area (Å²) in [6, 6.07) is 0. The van der Waals surface area contributed by atoms with E-state index in [-0.39, 0.29) is 69.4 Å². The monoisotopic (exact) mass is 342 g/mol. The van der Waals surface area contributed by atoms with E-state index in [0.717, 1.165) is 0 Å². The van der Waals surface area contributed by atoms with Gasteiger partial charge in [-0.15, -0.1) is 0 Å². The molecule has 0 saturated carbocycles. The summed E-state index contributed by atoms with van der Waals surface area (Å²) >= 11 is 0. The molecule has 0 radical (unpaired) electrons. The van der Waals surface area contributed by atoms with Gasteiger partial charge >= 0.3 is 0 Å². The van der Waals surface area contributed by atoms with Crippen LogP contribution in [0.25, 0.3) is 0 Å². The molecular weight excluding hydrogens is 335 g/mol. The molecule has 0 unspecified atom stereocenters. The Bertz CT molecular complexity index is 4.85. The Balaban J connectivity index is 0. The van der Waals surface area contributed by atoms with E-state index in [1.165, 1.54) is 0 Å². The van der Waals surface area contributed by atoms with Gasteiger partial charge in [0.05, 0.1) is 0 Å². The van der Waals surface area contributed by atoms with E-state index < -0.39 is 0 Å². The third-order valence-electron chi connectivity index (χ3n) is 0. The SMILES string of the molecule is O.O.[Ru].[Ru].[Ru]. The first-order chi connectivity index (χ1) is 0. The molecule has 0 saturated heterocycles. The maximum Gasteiger partial charge on any atom is 0 e. The van der Waals surface area contributed by atoms with Crippen molar-refractivity contribution in [3.63, 3.8) is 0 Å². The van der Waals surface area contributed by atoms with E-state index in [1.807, 2.05) is 0 Å². The molecule has 0 atom stereocenters. The molecule has 0 bridgehead atoms. The fourth-order valence-corrected chi connectivity index (χ4v) is 0. The van der Waals surface area contributed by atoms with Gasteiger partial charge in [-0.05, 0) is 0 Å². The third kappa shape index (κ3) is 26.0. The van der Waals surface area contributed by atoms with Crippen molar-refractivity contribution in [1.29, 1.82) is 0 Å². The van der Waals surface area contributed by atoms with Gasteiger partial charge in [-0.1, -0.05) is 0 Å². The fraction of sp³-hybridized carbons (Fsp3) is 0. The van der Waals surface area contributed by atoms with Crippen LogP contribution >= 0.6 is 0 Å². The third-order valence-corrected chi connectivity index (χ3v) is 0. The Morgan fingerprint density at radius 2 is 0.400 bits per heavy atom. The van der Waals surface area contributed by atoms with Gasteiger partial charge in [0.1, 0.15) is 0 Å². The van der Waals surface area contributed by atoms with Crippen molar-refractivity contribution in [2.45, 2.75) is 0 Å². The molecule has 0 aliphatic heterocycles. The second kappa shape index (κ2) is 41.5. The van der Waals surface area contributed by atoms with Crippen LogP contribution in [0.5, 0.6) is 0 Å². The van der Waals surface area contributed by atoms with Crippen LogP contribution in [-0.2, 0) is 58.4 Å². The molecule has 5 heavy (non-hydrogen) atoms. The van der Waals surface area contributed by atoms with Crippen molar-refractivity contribution in [3.05, 3.63) is 0 Å².